The number of hydrogen-bond donors (Lipinski definition) is 1. The predicted octanol–water partition coefficient (Wildman–Crippen LogP) is 2.41. The first kappa shape index (κ1) is 15.1. The largest absolute Gasteiger partial charge is 0.378 e. The zero-order chi connectivity index (χ0) is 15.4. The molecule has 0 atom stereocenters. The molecule has 0 spiro atoms. The Bertz CT molecular complexity index is 666. The fourth-order valence-corrected chi connectivity index (χ4v) is 3.08. The number of thiocarbonyl (C=S) groups is 1. The van der Waals surface area contributed by atoms with Gasteiger partial charge in [0.2, 0.25) is 0 Å². The molecule has 1 amide bonds. The van der Waals surface area contributed by atoms with Crippen LogP contribution in [0.5, 0.6) is 0 Å². The van der Waals surface area contributed by atoms with Crippen LogP contribution in [-0.2, 0) is 9.53 Å². The molecule has 0 unspecified atom stereocenters. The monoisotopic (exact) mass is 333 g/mol. The van der Waals surface area contributed by atoms with Gasteiger partial charge in [0, 0.05) is 24.0 Å². The van der Waals surface area contributed by atoms with Gasteiger partial charge in [-0.05, 0) is 0 Å². The SMILES string of the molecule is O=C(Nc1nc(-c2ccccc2)cs1)C(=S)N1CCOCC1. The highest BCUT2D eigenvalue weighted by molar-refractivity contribution is 7.82. The molecular weight excluding hydrogens is 318 g/mol. The van der Waals surface area contributed by atoms with Crippen molar-refractivity contribution < 1.29 is 9.53 Å². The van der Waals surface area contributed by atoms with Crippen LogP contribution in [-0.4, -0.2) is 47.1 Å². The molecule has 2 heterocycles. The van der Waals surface area contributed by atoms with Crippen molar-refractivity contribution in [2.75, 3.05) is 31.6 Å². The lowest BCUT2D eigenvalue weighted by molar-refractivity contribution is -0.111. The number of rotatable bonds is 2. The Balaban J connectivity index is 1.64. The summed E-state index contributed by atoms with van der Waals surface area (Å²) in [6.07, 6.45) is 0. The maximum absolute atomic E-state index is 12.2. The smallest absolute Gasteiger partial charge is 0.285 e. The van der Waals surface area contributed by atoms with E-state index in [0.717, 1.165) is 11.3 Å². The second-order valence-corrected chi connectivity index (χ2v) is 6.01. The number of nitrogens with one attached hydrogen (secondary N) is 1. The minimum atomic E-state index is -0.286. The highest BCUT2D eigenvalue weighted by atomic mass is 32.1. The minimum absolute atomic E-state index is 0.286. The van der Waals surface area contributed by atoms with E-state index in [9.17, 15) is 4.79 Å². The van der Waals surface area contributed by atoms with Gasteiger partial charge in [0.25, 0.3) is 5.91 Å². The van der Waals surface area contributed by atoms with E-state index in [4.69, 9.17) is 17.0 Å². The van der Waals surface area contributed by atoms with Gasteiger partial charge in [-0.15, -0.1) is 11.3 Å². The Hall–Kier alpha value is -1.83. The van der Waals surface area contributed by atoms with Gasteiger partial charge in [-0.25, -0.2) is 4.98 Å². The Labute approximate surface area is 137 Å². The number of carbonyl (C=O) groups is 1. The van der Waals surface area contributed by atoms with E-state index < -0.39 is 0 Å². The van der Waals surface area contributed by atoms with Crippen LogP contribution < -0.4 is 5.32 Å². The first-order valence-electron chi connectivity index (χ1n) is 6.93. The van der Waals surface area contributed by atoms with Crippen LogP contribution in [0.1, 0.15) is 0 Å². The van der Waals surface area contributed by atoms with Crippen LogP contribution in [0.2, 0.25) is 0 Å². The summed E-state index contributed by atoms with van der Waals surface area (Å²) in [4.78, 5) is 18.8. The number of anilines is 1. The number of nitrogens with zero attached hydrogens (tertiary/aromatic N) is 2. The molecule has 0 aliphatic carbocycles. The van der Waals surface area contributed by atoms with Crippen molar-refractivity contribution in [2.45, 2.75) is 0 Å². The fourth-order valence-electron chi connectivity index (χ4n) is 2.13. The number of benzene rings is 1. The van der Waals surface area contributed by atoms with Gasteiger partial charge in [-0.3, -0.25) is 10.1 Å². The summed E-state index contributed by atoms with van der Waals surface area (Å²) < 4.78 is 5.26. The van der Waals surface area contributed by atoms with E-state index in [-0.39, 0.29) is 5.91 Å². The summed E-state index contributed by atoms with van der Waals surface area (Å²) in [7, 11) is 0. The van der Waals surface area contributed by atoms with Crippen molar-refractivity contribution >= 4 is 39.6 Å². The summed E-state index contributed by atoms with van der Waals surface area (Å²) in [5, 5.41) is 5.25. The van der Waals surface area contributed by atoms with Crippen LogP contribution in [0, 0.1) is 0 Å². The van der Waals surface area contributed by atoms with Crippen LogP contribution in [0.15, 0.2) is 35.7 Å². The molecule has 2 aromatic rings. The number of thiazole rings is 1. The zero-order valence-corrected chi connectivity index (χ0v) is 13.5. The van der Waals surface area contributed by atoms with Crippen LogP contribution in [0.25, 0.3) is 11.3 Å². The topological polar surface area (TPSA) is 54.5 Å². The Kier molecular flexibility index (Phi) is 4.77. The molecule has 22 heavy (non-hydrogen) atoms. The average molecular weight is 333 g/mol. The molecule has 1 fully saturated rings. The molecule has 3 rings (SSSR count). The Morgan fingerprint density at radius 1 is 1.27 bits per heavy atom. The molecule has 1 N–H and O–H groups in total. The molecule has 0 saturated carbocycles. The number of carbonyl (C=O) groups excluding carboxylic acids is 1. The first-order chi connectivity index (χ1) is 10.7. The van der Waals surface area contributed by atoms with Gasteiger partial charge < -0.3 is 9.64 Å². The third-order valence-electron chi connectivity index (χ3n) is 3.29. The molecular formula is C15H15N3O2S2. The van der Waals surface area contributed by atoms with Crippen molar-refractivity contribution in [1.82, 2.24) is 9.88 Å². The molecule has 1 aromatic heterocycles. The van der Waals surface area contributed by atoms with E-state index >= 15 is 0 Å². The molecule has 1 aliphatic rings. The Morgan fingerprint density at radius 2 is 2.00 bits per heavy atom. The molecule has 7 heteroatoms. The lowest BCUT2D eigenvalue weighted by Gasteiger charge is -2.28. The average Bonchev–Trinajstić information content (AvgIpc) is 3.04. The molecule has 5 nitrogen and oxygen atoms in total. The van der Waals surface area contributed by atoms with Gasteiger partial charge in [0.05, 0.1) is 18.9 Å². The third kappa shape index (κ3) is 3.49. The van der Waals surface area contributed by atoms with Crippen LogP contribution in [0.3, 0.4) is 0 Å². The summed E-state index contributed by atoms with van der Waals surface area (Å²) in [5.41, 5.74) is 1.87. The molecule has 1 aliphatic heterocycles. The number of aromatic nitrogens is 1. The van der Waals surface area contributed by atoms with Crippen molar-refractivity contribution in [3.05, 3.63) is 35.7 Å². The van der Waals surface area contributed by atoms with Gasteiger partial charge >= 0.3 is 0 Å². The zero-order valence-electron chi connectivity index (χ0n) is 11.8. The number of amides is 1. The van der Waals surface area contributed by atoms with Crippen molar-refractivity contribution in [2.24, 2.45) is 0 Å². The second kappa shape index (κ2) is 6.95. The second-order valence-electron chi connectivity index (χ2n) is 4.76. The van der Waals surface area contributed by atoms with E-state index in [1.807, 2.05) is 40.6 Å². The van der Waals surface area contributed by atoms with Gasteiger partial charge in [0.15, 0.2) is 10.1 Å². The van der Waals surface area contributed by atoms with Crippen molar-refractivity contribution in [3.63, 3.8) is 0 Å². The van der Waals surface area contributed by atoms with E-state index in [0.29, 0.717) is 36.4 Å². The van der Waals surface area contributed by atoms with E-state index in [2.05, 4.69) is 10.3 Å². The number of morpholine rings is 1. The van der Waals surface area contributed by atoms with Crippen molar-refractivity contribution in [1.29, 1.82) is 0 Å². The molecule has 0 bridgehead atoms. The van der Waals surface area contributed by atoms with Gasteiger partial charge in [-0.2, -0.15) is 0 Å². The first-order valence-corrected chi connectivity index (χ1v) is 8.22. The summed E-state index contributed by atoms with van der Waals surface area (Å²) >= 11 is 6.62. The number of ether oxygens (including phenoxy) is 1. The maximum Gasteiger partial charge on any atom is 0.285 e. The van der Waals surface area contributed by atoms with Crippen molar-refractivity contribution in [3.8, 4) is 11.3 Å². The van der Waals surface area contributed by atoms with Gasteiger partial charge in [-0.1, -0.05) is 42.5 Å². The normalized spacial score (nSPS) is 14.6. The standard InChI is InChI=1S/C15H15N3O2S2/c19-13(14(21)18-6-8-20-9-7-18)17-15-16-12(10-22-15)11-4-2-1-3-5-11/h1-5,10H,6-9H2,(H,16,17,19). The highest BCUT2D eigenvalue weighted by Crippen LogP contribution is 2.24. The van der Waals surface area contributed by atoms with E-state index in [1.54, 1.807) is 0 Å². The summed E-state index contributed by atoms with van der Waals surface area (Å²) in [5.74, 6) is -0.286. The Morgan fingerprint density at radius 3 is 2.73 bits per heavy atom. The third-order valence-corrected chi connectivity index (χ3v) is 4.49. The molecule has 1 saturated heterocycles. The highest BCUT2D eigenvalue weighted by Gasteiger charge is 2.20. The lowest BCUT2D eigenvalue weighted by Crippen LogP contribution is -2.44. The van der Waals surface area contributed by atoms with Gasteiger partial charge in [0.1, 0.15) is 0 Å². The minimum Gasteiger partial charge on any atom is -0.378 e. The summed E-state index contributed by atoms with van der Waals surface area (Å²) in [6, 6.07) is 9.85. The molecule has 114 valence electrons. The molecule has 0 radical (unpaired) electrons. The van der Waals surface area contributed by atoms with Crippen LogP contribution >= 0.6 is 23.6 Å². The lowest BCUT2D eigenvalue weighted by atomic mass is 10.2. The molecule has 1 aromatic carbocycles. The predicted molar refractivity (Wildman–Crippen MR) is 91.2 cm³/mol. The number of hydrogen-bond acceptors (Lipinski definition) is 5. The summed E-state index contributed by atoms with van der Waals surface area (Å²) in [6.45, 7) is 2.50. The quantitative estimate of drug-likeness (QED) is 0.856. The fraction of sp³-hybridized carbons (Fsp3) is 0.267. The van der Waals surface area contributed by atoms with Crippen LogP contribution in [0.4, 0.5) is 5.13 Å². The maximum atomic E-state index is 12.2. The van der Waals surface area contributed by atoms with E-state index in [1.165, 1.54) is 11.3 Å².